The van der Waals surface area contributed by atoms with Crippen molar-refractivity contribution in [2.24, 2.45) is 0 Å². The average molecular weight is 266 g/mol. The quantitative estimate of drug-likeness (QED) is 0.926. The van der Waals surface area contributed by atoms with E-state index < -0.39 is 5.97 Å². The predicted octanol–water partition coefficient (Wildman–Crippen LogP) is 3.36. The van der Waals surface area contributed by atoms with E-state index in [0.717, 1.165) is 28.0 Å². The molecule has 0 radical (unpaired) electrons. The van der Waals surface area contributed by atoms with Crippen LogP contribution in [0.1, 0.15) is 17.5 Å². The first-order valence-electron chi connectivity index (χ1n) is 6.47. The molecule has 3 heteroatoms. The lowest BCUT2D eigenvalue weighted by Crippen LogP contribution is -2.14. The number of carboxylic acids is 1. The first-order chi connectivity index (χ1) is 9.75. The van der Waals surface area contributed by atoms with Crippen molar-refractivity contribution in [3.8, 4) is 5.75 Å². The zero-order valence-electron chi connectivity index (χ0n) is 10.9. The van der Waals surface area contributed by atoms with Gasteiger partial charge in [-0.2, -0.15) is 0 Å². The average Bonchev–Trinajstić information content (AvgIpc) is 2.47. The molecule has 1 N–H and O–H groups in total. The Morgan fingerprint density at radius 1 is 1.05 bits per heavy atom. The van der Waals surface area contributed by atoms with E-state index in [2.05, 4.69) is 0 Å². The molecule has 0 fully saturated rings. The number of para-hydroxylation sites is 1. The molecule has 0 amide bonds. The van der Waals surface area contributed by atoms with Gasteiger partial charge in [-0.05, 0) is 22.8 Å². The minimum atomic E-state index is -0.837. The van der Waals surface area contributed by atoms with E-state index in [1.54, 1.807) is 0 Å². The normalized spacial score (nSPS) is 13.6. The fourth-order valence-electron chi connectivity index (χ4n) is 2.51. The van der Waals surface area contributed by atoms with Crippen molar-refractivity contribution in [2.75, 3.05) is 6.61 Å². The van der Waals surface area contributed by atoms with Gasteiger partial charge in [-0.25, -0.2) is 0 Å². The van der Waals surface area contributed by atoms with Gasteiger partial charge in [0.2, 0.25) is 0 Å². The molecule has 20 heavy (non-hydrogen) atoms. The van der Waals surface area contributed by atoms with Crippen molar-refractivity contribution in [3.63, 3.8) is 0 Å². The Kier molecular flexibility index (Phi) is 3.25. The minimum absolute atomic E-state index is 0.00143. The van der Waals surface area contributed by atoms with Crippen molar-refractivity contribution in [2.45, 2.75) is 6.42 Å². The number of hydrogen-bond acceptors (Lipinski definition) is 2. The Bertz CT molecular complexity index is 672. The third kappa shape index (κ3) is 2.30. The third-order valence-corrected chi connectivity index (χ3v) is 3.34. The molecule has 0 saturated carbocycles. The van der Waals surface area contributed by atoms with Gasteiger partial charge in [0, 0.05) is 5.56 Å². The molecule has 0 aliphatic carbocycles. The Balaban J connectivity index is 2.19. The van der Waals surface area contributed by atoms with Crippen molar-refractivity contribution < 1.29 is 14.6 Å². The van der Waals surface area contributed by atoms with Gasteiger partial charge >= 0.3 is 5.97 Å². The molecule has 2 aromatic rings. The zero-order chi connectivity index (χ0) is 13.9. The van der Waals surface area contributed by atoms with E-state index in [9.17, 15) is 4.79 Å². The van der Waals surface area contributed by atoms with Gasteiger partial charge in [0.1, 0.15) is 12.4 Å². The first-order valence-corrected chi connectivity index (χ1v) is 6.47. The number of hydrogen-bond donors (Lipinski definition) is 1. The highest BCUT2D eigenvalue weighted by Crippen LogP contribution is 2.38. The van der Waals surface area contributed by atoms with Crippen LogP contribution in [0.25, 0.3) is 5.57 Å². The van der Waals surface area contributed by atoms with Crippen LogP contribution in [0.2, 0.25) is 0 Å². The zero-order valence-corrected chi connectivity index (χ0v) is 10.9. The summed E-state index contributed by atoms with van der Waals surface area (Å²) in [5.74, 6) is -0.0306. The highest BCUT2D eigenvalue weighted by Gasteiger charge is 2.22. The molecular weight excluding hydrogens is 252 g/mol. The molecule has 2 aromatic carbocycles. The number of rotatable bonds is 3. The fourth-order valence-corrected chi connectivity index (χ4v) is 2.51. The summed E-state index contributed by atoms with van der Waals surface area (Å²) in [5, 5.41) is 9.09. The van der Waals surface area contributed by atoms with Crippen LogP contribution in [0.15, 0.2) is 60.2 Å². The summed E-state index contributed by atoms with van der Waals surface area (Å²) in [6.07, 6.45) is -0.00143. The Morgan fingerprint density at radius 2 is 1.75 bits per heavy atom. The van der Waals surface area contributed by atoms with Gasteiger partial charge in [-0.1, -0.05) is 48.5 Å². The second-order valence-electron chi connectivity index (χ2n) is 4.70. The van der Waals surface area contributed by atoms with Gasteiger partial charge in [0.05, 0.1) is 6.42 Å². The Labute approximate surface area is 117 Å². The number of carbonyl (C=O) groups is 1. The predicted molar refractivity (Wildman–Crippen MR) is 76.7 cm³/mol. The van der Waals surface area contributed by atoms with Crippen LogP contribution in [0.4, 0.5) is 0 Å². The van der Waals surface area contributed by atoms with Crippen molar-refractivity contribution in [1.29, 1.82) is 0 Å². The van der Waals surface area contributed by atoms with Crippen LogP contribution < -0.4 is 4.74 Å². The molecule has 0 aromatic heterocycles. The van der Waals surface area contributed by atoms with Crippen LogP contribution >= 0.6 is 0 Å². The molecule has 1 aliphatic heterocycles. The number of benzene rings is 2. The van der Waals surface area contributed by atoms with E-state index in [1.807, 2.05) is 54.6 Å². The lowest BCUT2D eigenvalue weighted by Gasteiger charge is -2.23. The molecule has 3 rings (SSSR count). The summed E-state index contributed by atoms with van der Waals surface area (Å²) in [7, 11) is 0. The van der Waals surface area contributed by atoms with Crippen molar-refractivity contribution >= 4 is 11.5 Å². The standard InChI is InChI=1S/C17H14O3/c18-16(19)10-13-11-20-15-9-5-4-8-14(15)17(13)12-6-2-1-3-7-12/h1-9H,10-11H2,(H,18,19). The highest BCUT2D eigenvalue weighted by atomic mass is 16.5. The van der Waals surface area contributed by atoms with Gasteiger partial charge in [-0.3, -0.25) is 4.79 Å². The monoisotopic (exact) mass is 266 g/mol. The maximum atomic E-state index is 11.1. The summed E-state index contributed by atoms with van der Waals surface area (Å²) >= 11 is 0. The number of fused-ring (bicyclic) bond motifs is 1. The molecule has 0 saturated heterocycles. The van der Waals surface area contributed by atoms with E-state index in [4.69, 9.17) is 9.84 Å². The molecule has 100 valence electrons. The number of carboxylic acid groups (broad SMARTS) is 1. The molecule has 0 bridgehead atoms. The number of ether oxygens (including phenoxy) is 1. The van der Waals surface area contributed by atoms with Crippen LogP contribution in [-0.2, 0) is 4.79 Å². The van der Waals surface area contributed by atoms with Crippen LogP contribution in [0.5, 0.6) is 5.75 Å². The minimum Gasteiger partial charge on any atom is -0.489 e. The van der Waals surface area contributed by atoms with E-state index >= 15 is 0 Å². The van der Waals surface area contributed by atoms with E-state index in [0.29, 0.717) is 6.61 Å². The second kappa shape index (κ2) is 5.21. The summed E-state index contributed by atoms with van der Waals surface area (Å²) in [6.45, 7) is 0.327. The smallest absolute Gasteiger partial charge is 0.307 e. The van der Waals surface area contributed by atoms with Crippen LogP contribution in [0.3, 0.4) is 0 Å². The Hall–Kier alpha value is -2.55. The van der Waals surface area contributed by atoms with Gasteiger partial charge < -0.3 is 9.84 Å². The van der Waals surface area contributed by atoms with Gasteiger partial charge in [-0.15, -0.1) is 0 Å². The van der Waals surface area contributed by atoms with Gasteiger partial charge in [0.25, 0.3) is 0 Å². The SMILES string of the molecule is O=C(O)CC1=C(c2ccccc2)c2ccccc2OC1. The molecule has 0 unspecified atom stereocenters. The molecular formula is C17H14O3. The van der Waals surface area contributed by atoms with E-state index in [-0.39, 0.29) is 6.42 Å². The molecule has 1 heterocycles. The summed E-state index contributed by atoms with van der Waals surface area (Å²) in [4.78, 5) is 11.1. The fraction of sp³-hybridized carbons (Fsp3) is 0.118. The Morgan fingerprint density at radius 3 is 2.50 bits per heavy atom. The summed E-state index contributed by atoms with van der Waals surface area (Å²) < 4.78 is 5.67. The van der Waals surface area contributed by atoms with Crippen LogP contribution in [0, 0.1) is 0 Å². The molecule has 0 atom stereocenters. The first kappa shape index (κ1) is 12.5. The largest absolute Gasteiger partial charge is 0.489 e. The van der Waals surface area contributed by atoms with Crippen LogP contribution in [-0.4, -0.2) is 17.7 Å². The van der Waals surface area contributed by atoms with Gasteiger partial charge in [0.15, 0.2) is 0 Å². The molecule has 3 nitrogen and oxygen atoms in total. The highest BCUT2D eigenvalue weighted by molar-refractivity contribution is 5.88. The topological polar surface area (TPSA) is 46.5 Å². The maximum Gasteiger partial charge on any atom is 0.307 e. The van der Waals surface area contributed by atoms with E-state index in [1.165, 1.54) is 0 Å². The lowest BCUT2D eigenvalue weighted by atomic mass is 9.90. The van der Waals surface area contributed by atoms with Crippen molar-refractivity contribution in [1.82, 2.24) is 0 Å². The van der Waals surface area contributed by atoms with Crippen molar-refractivity contribution in [3.05, 3.63) is 71.3 Å². The third-order valence-electron chi connectivity index (χ3n) is 3.34. The molecule has 1 aliphatic rings. The second-order valence-corrected chi connectivity index (χ2v) is 4.70. The summed E-state index contributed by atoms with van der Waals surface area (Å²) in [6, 6.07) is 17.6. The summed E-state index contributed by atoms with van der Waals surface area (Å²) in [5.41, 5.74) is 3.78. The lowest BCUT2D eigenvalue weighted by molar-refractivity contribution is -0.136. The number of aliphatic carboxylic acids is 1. The molecule has 0 spiro atoms. The maximum absolute atomic E-state index is 11.1.